The van der Waals surface area contributed by atoms with Crippen LogP contribution in [0.4, 0.5) is 11.4 Å². The topological polar surface area (TPSA) is 81.8 Å². The SMILES string of the molecule is Cl.O=C1CCC(N2C(=O)c3cccc4c(N5CCNCC5)ccc2c34)C(=O)N1. The number of imide groups is 1. The van der Waals surface area contributed by atoms with Gasteiger partial charge >= 0.3 is 0 Å². The van der Waals surface area contributed by atoms with E-state index in [4.69, 9.17) is 0 Å². The Hall–Kier alpha value is -2.64. The molecule has 2 aromatic rings. The number of halogens is 1. The van der Waals surface area contributed by atoms with Crippen LogP contribution in [0, 0.1) is 0 Å². The van der Waals surface area contributed by atoms with E-state index in [1.165, 1.54) is 0 Å². The minimum Gasteiger partial charge on any atom is -0.368 e. The van der Waals surface area contributed by atoms with Crippen LogP contribution in [0.1, 0.15) is 23.2 Å². The van der Waals surface area contributed by atoms with Crippen LogP contribution >= 0.6 is 12.4 Å². The van der Waals surface area contributed by atoms with Gasteiger partial charge in [0.2, 0.25) is 11.8 Å². The molecule has 8 heteroatoms. The Balaban J connectivity index is 0.00000192. The molecule has 2 fully saturated rings. The summed E-state index contributed by atoms with van der Waals surface area (Å²) in [5.74, 6) is -0.839. The highest BCUT2D eigenvalue weighted by molar-refractivity contribution is 6.28. The summed E-state index contributed by atoms with van der Waals surface area (Å²) in [4.78, 5) is 40.9. The van der Waals surface area contributed by atoms with Gasteiger partial charge in [-0.2, -0.15) is 0 Å². The van der Waals surface area contributed by atoms with E-state index in [1.807, 2.05) is 30.3 Å². The fourth-order valence-electron chi connectivity index (χ4n) is 4.41. The molecular weight excluding hydrogens is 380 g/mol. The number of hydrogen-bond donors (Lipinski definition) is 2. The number of rotatable bonds is 2. The van der Waals surface area contributed by atoms with Gasteiger partial charge < -0.3 is 10.2 Å². The second-order valence-electron chi connectivity index (χ2n) is 7.21. The number of nitrogens with one attached hydrogen (secondary N) is 2. The molecule has 2 aromatic carbocycles. The van der Waals surface area contributed by atoms with Crippen LogP contribution in [0.25, 0.3) is 10.8 Å². The number of benzene rings is 2. The number of amides is 3. The zero-order valence-corrected chi connectivity index (χ0v) is 16.1. The van der Waals surface area contributed by atoms with Gasteiger partial charge in [0.05, 0.1) is 5.69 Å². The number of carbonyl (C=O) groups is 3. The van der Waals surface area contributed by atoms with Crippen molar-refractivity contribution in [1.29, 1.82) is 0 Å². The second-order valence-corrected chi connectivity index (χ2v) is 7.21. The highest BCUT2D eigenvalue weighted by Crippen LogP contribution is 2.43. The van der Waals surface area contributed by atoms with Gasteiger partial charge in [-0.1, -0.05) is 12.1 Å². The minimum absolute atomic E-state index is 0. The standard InChI is InChI=1S/C20H20N4O3.ClH/c25-17-7-6-16(19(26)22-17)24-15-5-4-14(23-10-8-21-9-11-23)12-2-1-3-13(18(12)15)20(24)27;/h1-5,16,21H,6-11H2,(H,22,25,26);1H. The fraction of sp³-hybridized carbons (Fsp3) is 0.350. The normalized spacial score (nSPS) is 21.7. The van der Waals surface area contributed by atoms with Gasteiger partial charge in [0.1, 0.15) is 6.04 Å². The van der Waals surface area contributed by atoms with E-state index in [2.05, 4.69) is 15.5 Å². The van der Waals surface area contributed by atoms with Gasteiger partial charge in [0.25, 0.3) is 5.91 Å². The zero-order valence-electron chi connectivity index (χ0n) is 15.2. The zero-order chi connectivity index (χ0) is 18.5. The molecule has 3 aliphatic heterocycles. The van der Waals surface area contributed by atoms with E-state index in [9.17, 15) is 14.4 Å². The monoisotopic (exact) mass is 400 g/mol. The summed E-state index contributed by atoms with van der Waals surface area (Å²) in [6.07, 6.45) is 0.601. The highest BCUT2D eigenvalue weighted by atomic mass is 35.5. The highest BCUT2D eigenvalue weighted by Gasteiger charge is 2.41. The summed E-state index contributed by atoms with van der Waals surface area (Å²) in [5, 5.41) is 7.66. The van der Waals surface area contributed by atoms with Crippen molar-refractivity contribution in [2.75, 3.05) is 36.0 Å². The Labute approximate surface area is 168 Å². The van der Waals surface area contributed by atoms with Crippen molar-refractivity contribution in [2.24, 2.45) is 0 Å². The quantitative estimate of drug-likeness (QED) is 0.745. The largest absolute Gasteiger partial charge is 0.368 e. The predicted octanol–water partition coefficient (Wildman–Crippen LogP) is 1.44. The smallest absolute Gasteiger partial charge is 0.259 e. The third kappa shape index (κ3) is 2.73. The van der Waals surface area contributed by atoms with E-state index in [0.29, 0.717) is 12.0 Å². The van der Waals surface area contributed by atoms with Crippen molar-refractivity contribution in [3.8, 4) is 0 Å². The molecule has 1 unspecified atom stereocenters. The average molecular weight is 401 g/mol. The maximum Gasteiger partial charge on any atom is 0.259 e. The van der Waals surface area contributed by atoms with Crippen LogP contribution in [0.15, 0.2) is 30.3 Å². The van der Waals surface area contributed by atoms with Gasteiger partial charge in [-0.25, -0.2) is 0 Å². The molecule has 3 heterocycles. The van der Waals surface area contributed by atoms with E-state index in [0.717, 1.165) is 48.3 Å². The van der Waals surface area contributed by atoms with Gasteiger partial charge in [0.15, 0.2) is 0 Å². The Bertz CT molecular complexity index is 987. The number of carbonyl (C=O) groups excluding carboxylic acids is 3. The maximum absolute atomic E-state index is 13.1. The molecule has 2 saturated heterocycles. The molecule has 0 bridgehead atoms. The lowest BCUT2D eigenvalue weighted by Crippen LogP contribution is -2.53. The number of anilines is 2. The lowest BCUT2D eigenvalue weighted by atomic mass is 10.0. The number of hydrogen-bond acceptors (Lipinski definition) is 5. The van der Waals surface area contributed by atoms with Crippen molar-refractivity contribution in [3.05, 3.63) is 35.9 Å². The van der Waals surface area contributed by atoms with Crippen molar-refractivity contribution in [1.82, 2.24) is 10.6 Å². The van der Waals surface area contributed by atoms with Crippen molar-refractivity contribution in [3.63, 3.8) is 0 Å². The first kappa shape index (κ1) is 18.7. The molecule has 0 radical (unpaired) electrons. The summed E-state index contributed by atoms with van der Waals surface area (Å²) in [6, 6.07) is 9.11. The molecule has 0 spiro atoms. The van der Waals surface area contributed by atoms with Crippen molar-refractivity contribution < 1.29 is 14.4 Å². The summed E-state index contributed by atoms with van der Waals surface area (Å²) < 4.78 is 0. The van der Waals surface area contributed by atoms with Crippen molar-refractivity contribution in [2.45, 2.75) is 18.9 Å². The van der Waals surface area contributed by atoms with Crippen LogP contribution in [0.5, 0.6) is 0 Å². The Morgan fingerprint density at radius 3 is 2.46 bits per heavy atom. The van der Waals surface area contributed by atoms with Gasteiger partial charge in [-0.15, -0.1) is 12.4 Å². The molecule has 28 heavy (non-hydrogen) atoms. The molecule has 0 aromatic heterocycles. The number of piperazine rings is 1. The second kappa shape index (κ2) is 7.07. The Kier molecular flexibility index (Phi) is 4.72. The molecule has 0 saturated carbocycles. The predicted molar refractivity (Wildman–Crippen MR) is 109 cm³/mol. The number of piperidine rings is 1. The van der Waals surface area contributed by atoms with E-state index in [-0.39, 0.29) is 30.6 Å². The molecule has 5 rings (SSSR count). The lowest BCUT2D eigenvalue weighted by molar-refractivity contribution is -0.134. The van der Waals surface area contributed by atoms with Crippen LogP contribution in [-0.2, 0) is 9.59 Å². The lowest BCUT2D eigenvalue weighted by Gasteiger charge is -2.32. The molecule has 3 aliphatic rings. The third-order valence-electron chi connectivity index (χ3n) is 5.68. The molecule has 2 N–H and O–H groups in total. The van der Waals surface area contributed by atoms with Crippen LogP contribution in [-0.4, -0.2) is 49.9 Å². The Morgan fingerprint density at radius 2 is 1.71 bits per heavy atom. The molecule has 3 amide bonds. The van der Waals surface area contributed by atoms with Gasteiger partial charge in [0, 0.05) is 54.6 Å². The van der Waals surface area contributed by atoms with Crippen LogP contribution in [0.3, 0.4) is 0 Å². The molecular formula is C20H21ClN4O3. The molecule has 1 atom stereocenters. The first-order valence-corrected chi connectivity index (χ1v) is 9.34. The summed E-state index contributed by atoms with van der Waals surface area (Å²) in [6.45, 7) is 3.71. The summed E-state index contributed by atoms with van der Waals surface area (Å²) in [5.41, 5.74) is 2.51. The Morgan fingerprint density at radius 1 is 0.964 bits per heavy atom. The van der Waals surface area contributed by atoms with Gasteiger partial charge in [-0.3, -0.25) is 24.6 Å². The van der Waals surface area contributed by atoms with E-state index < -0.39 is 11.9 Å². The first-order chi connectivity index (χ1) is 13.1. The minimum atomic E-state index is -0.643. The van der Waals surface area contributed by atoms with Crippen molar-refractivity contribution >= 4 is 52.3 Å². The molecule has 7 nitrogen and oxygen atoms in total. The maximum atomic E-state index is 13.1. The fourth-order valence-corrected chi connectivity index (χ4v) is 4.41. The van der Waals surface area contributed by atoms with E-state index >= 15 is 0 Å². The van der Waals surface area contributed by atoms with Crippen LogP contribution < -0.4 is 20.4 Å². The average Bonchev–Trinajstić information content (AvgIpc) is 2.97. The molecule has 0 aliphatic carbocycles. The third-order valence-corrected chi connectivity index (χ3v) is 5.68. The number of nitrogens with zero attached hydrogens (tertiary/aromatic N) is 2. The van der Waals surface area contributed by atoms with Gasteiger partial charge in [-0.05, 0) is 24.6 Å². The molecule has 146 valence electrons. The van der Waals surface area contributed by atoms with Crippen LogP contribution in [0.2, 0.25) is 0 Å². The van der Waals surface area contributed by atoms with E-state index in [1.54, 1.807) is 4.90 Å². The summed E-state index contributed by atoms with van der Waals surface area (Å²) in [7, 11) is 0. The summed E-state index contributed by atoms with van der Waals surface area (Å²) >= 11 is 0. The first-order valence-electron chi connectivity index (χ1n) is 9.34.